The fourth-order valence-corrected chi connectivity index (χ4v) is 3.11. The van der Waals surface area contributed by atoms with Crippen LogP contribution in [-0.2, 0) is 0 Å². The van der Waals surface area contributed by atoms with E-state index in [1.165, 1.54) is 0 Å². The number of rotatable bonds is 2. The molecule has 2 aromatic carbocycles. The summed E-state index contributed by atoms with van der Waals surface area (Å²) in [4.78, 5) is 15.8. The van der Waals surface area contributed by atoms with Gasteiger partial charge >= 0.3 is 0 Å². The smallest absolute Gasteiger partial charge is 0.197 e. The molecule has 0 amide bonds. The molecule has 0 atom stereocenters. The number of halogens is 4. The van der Waals surface area contributed by atoms with Gasteiger partial charge in [0.25, 0.3) is 0 Å². The SMILES string of the molecule is O=c1c(-c2cccc(Cl)c2Cl)c[nH]cc1-c1cccc(Cl)c1Cl. The third kappa shape index (κ3) is 3.00. The number of H-pyrrole nitrogens is 1. The number of pyridine rings is 1. The topological polar surface area (TPSA) is 32.9 Å². The van der Waals surface area contributed by atoms with Crippen LogP contribution in [0.1, 0.15) is 0 Å². The zero-order valence-electron chi connectivity index (χ0n) is 11.5. The van der Waals surface area contributed by atoms with Crippen LogP contribution in [0, 0.1) is 0 Å². The largest absolute Gasteiger partial charge is 0.366 e. The third-order valence-electron chi connectivity index (χ3n) is 3.43. The van der Waals surface area contributed by atoms with Gasteiger partial charge in [0.15, 0.2) is 5.43 Å². The molecule has 0 radical (unpaired) electrons. The molecule has 116 valence electrons. The maximum atomic E-state index is 12.9. The normalized spacial score (nSPS) is 10.8. The van der Waals surface area contributed by atoms with Crippen molar-refractivity contribution in [1.29, 1.82) is 0 Å². The fraction of sp³-hybridized carbons (Fsp3) is 0. The highest BCUT2D eigenvalue weighted by Gasteiger charge is 2.15. The standard InChI is InChI=1S/C17H9Cl4NO/c18-13-5-1-3-9(15(13)20)11-7-22-8-12(17(11)23)10-4-2-6-14(19)16(10)21/h1-8H,(H,22,23). The number of aromatic amines is 1. The fourth-order valence-electron chi connectivity index (χ4n) is 2.31. The lowest BCUT2D eigenvalue weighted by atomic mass is 10.0. The number of hydrogen-bond donors (Lipinski definition) is 1. The zero-order valence-corrected chi connectivity index (χ0v) is 14.6. The van der Waals surface area contributed by atoms with Gasteiger partial charge < -0.3 is 4.98 Å². The Morgan fingerprint density at radius 3 is 1.52 bits per heavy atom. The van der Waals surface area contributed by atoms with E-state index in [4.69, 9.17) is 46.4 Å². The third-order valence-corrected chi connectivity index (χ3v) is 5.07. The second kappa shape index (κ2) is 6.58. The van der Waals surface area contributed by atoms with Crippen LogP contribution in [0.3, 0.4) is 0 Å². The molecule has 0 aliphatic carbocycles. The number of hydrogen-bond acceptors (Lipinski definition) is 1. The van der Waals surface area contributed by atoms with E-state index in [1.807, 2.05) is 0 Å². The van der Waals surface area contributed by atoms with Crippen molar-refractivity contribution in [3.05, 3.63) is 79.1 Å². The van der Waals surface area contributed by atoms with E-state index in [9.17, 15) is 4.79 Å². The molecule has 1 aromatic heterocycles. The van der Waals surface area contributed by atoms with Gasteiger partial charge in [-0.15, -0.1) is 0 Å². The van der Waals surface area contributed by atoms with Crippen LogP contribution in [-0.4, -0.2) is 4.98 Å². The Morgan fingerprint density at radius 1 is 0.652 bits per heavy atom. The molecule has 3 aromatic rings. The minimum Gasteiger partial charge on any atom is -0.366 e. The molecule has 0 fully saturated rings. The first-order chi connectivity index (χ1) is 11.0. The predicted octanol–water partition coefficient (Wildman–Crippen LogP) is 6.32. The van der Waals surface area contributed by atoms with E-state index in [0.717, 1.165) is 0 Å². The maximum Gasteiger partial charge on any atom is 0.197 e. The first-order valence-electron chi connectivity index (χ1n) is 6.60. The van der Waals surface area contributed by atoms with Gasteiger partial charge in [-0.1, -0.05) is 70.7 Å². The number of benzene rings is 2. The van der Waals surface area contributed by atoms with Crippen molar-refractivity contribution in [3.63, 3.8) is 0 Å². The van der Waals surface area contributed by atoms with Crippen LogP contribution < -0.4 is 5.43 Å². The van der Waals surface area contributed by atoms with Gasteiger partial charge in [0, 0.05) is 34.6 Å². The van der Waals surface area contributed by atoms with E-state index in [0.29, 0.717) is 42.3 Å². The number of nitrogens with one attached hydrogen (secondary N) is 1. The summed E-state index contributed by atoms with van der Waals surface area (Å²) in [5, 5.41) is 1.42. The molecule has 0 aliphatic heterocycles. The summed E-state index contributed by atoms with van der Waals surface area (Å²) < 4.78 is 0. The van der Waals surface area contributed by atoms with Crippen molar-refractivity contribution in [1.82, 2.24) is 4.98 Å². The average Bonchev–Trinajstić information content (AvgIpc) is 2.54. The molecule has 0 saturated carbocycles. The lowest BCUT2D eigenvalue weighted by molar-refractivity contribution is 1.30. The van der Waals surface area contributed by atoms with Crippen molar-refractivity contribution in [2.24, 2.45) is 0 Å². The molecule has 0 unspecified atom stereocenters. The molecule has 0 bridgehead atoms. The number of aromatic nitrogens is 1. The van der Waals surface area contributed by atoms with Crippen LogP contribution in [0.15, 0.2) is 53.6 Å². The van der Waals surface area contributed by atoms with E-state index in [1.54, 1.807) is 48.8 Å². The van der Waals surface area contributed by atoms with Gasteiger partial charge in [-0.3, -0.25) is 4.79 Å². The van der Waals surface area contributed by atoms with Gasteiger partial charge in [-0.25, -0.2) is 0 Å². The minimum absolute atomic E-state index is 0.211. The molecule has 1 N–H and O–H groups in total. The minimum atomic E-state index is -0.211. The second-order valence-electron chi connectivity index (χ2n) is 4.81. The summed E-state index contributed by atoms with van der Waals surface area (Å²) in [6.45, 7) is 0. The van der Waals surface area contributed by atoms with E-state index < -0.39 is 0 Å². The molecule has 0 saturated heterocycles. The molecule has 2 nitrogen and oxygen atoms in total. The van der Waals surface area contributed by atoms with Crippen molar-refractivity contribution in [2.45, 2.75) is 0 Å². The van der Waals surface area contributed by atoms with Crippen molar-refractivity contribution < 1.29 is 0 Å². The molecular weight excluding hydrogens is 376 g/mol. The Morgan fingerprint density at radius 2 is 1.09 bits per heavy atom. The summed E-state index contributed by atoms with van der Waals surface area (Å²) in [5.41, 5.74) is 1.72. The predicted molar refractivity (Wildman–Crippen MR) is 98.0 cm³/mol. The van der Waals surface area contributed by atoms with Crippen LogP contribution in [0.25, 0.3) is 22.3 Å². The highest BCUT2D eigenvalue weighted by Crippen LogP contribution is 2.34. The highest BCUT2D eigenvalue weighted by molar-refractivity contribution is 6.44. The Balaban J connectivity index is 2.26. The van der Waals surface area contributed by atoms with Crippen molar-refractivity contribution in [2.75, 3.05) is 0 Å². The Kier molecular flexibility index (Phi) is 4.69. The monoisotopic (exact) mass is 383 g/mol. The van der Waals surface area contributed by atoms with Gasteiger partial charge in [0.05, 0.1) is 20.1 Å². The van der Waals surface area contributed by atoms with Crippen molar-refractivity contribution in [3.8, 4) is 22.3 Å². The van der Waals surface area contributed by atoms with Crippen LogP contribution in [0.5, 0.6) is 0 Å². The van der Waals surface area contributed by atoms with E-state index >= 15 is 0 Å². The molecule has 0 aliphatic rings. The van der Waals surface area contributed by atoms with E-state index in [2.05, 4.69) is 4.98 Å². The first kappa shape index (κ1) is 16.4. The van der Waals surface area contributed by atoms with Crippen molar-refractivity contribution >= 4 is 46.4 Å². The van der Waals surface area contributed by atoms with E-state index in [-0.39, 0.29) is 5.43 Å². The van der Waals surface area contributed by atoms with Gasteiger partial charge in [0.1, 0.15) is 0 Å². The molecule has 1 heterocycles. The summed E-state index contributed by atoms with van der Waals surface area (Å²) in [6, 6.07) is 10.3. The first-order valence-corrected chi connectivity index (χ1v) is 8.11. The molecule has 23 heavy (non-hydrogen) atoms. The Hall–Kier alpha value is -1.45. The Bertz CT molecular complexity index is 877. The summed E-state index contributed by atoms with van der Waals surface area (Å²) in [6.07, 6.45) is 3.17. The molecule has 0 spiro atoms. The second-order valence-corrected chi connectivity index (χ2v) is 6.38. The zero-order chi connectivity index (χ0) is 16.6. The molecular formula is C17H9Cl4NO. The van der Waals surface area contributed by atoms with Gasteiger partial charge in [-0.2, -0.15) is 0 Å². The lowest BCUT2D eigenvalue weighted by Gasteiger charge is -2.09. The van der Waals surface area contributed by atoms with Gasteiger partial charge in [0.2, 0.25) is 0 Å². The average molecular weight is 385 g/mol. The maximum absolute atomic E-state index is 12.9. The lowest BCUT2D eigenvalue weighted by Crippen LogP contribution is -2.09. The van der Waals surface area contributed by atoms with Crippen LogP contribution in [0.4, 0.5) is 0 Å². The van der Waals surface area contributed by atoms with Crippen LogP contribution >= 0.6 is 46.4 Å². The summed E-state index contributed by atoms with van der Waals surface area (Å²) in [5.74, 6) is 0. The highest BCUT2D eigenvalue weighted by atomic mass is 35.5. The molecule has 3 rings (SSSR count). The van der Waals surface area contributed by atoms with Gasteiger partial charge in [-0.05, 0) is 12.1 Å². The quantitative estimate of drug-likeness (QED) is 0.550. The van der Waals surface area contributed by atoms with Crippen LogP contribution in [0.2, 0.25) is 20.1 Å². The summed E-state index contributed by atoms with van der Waals surface area (Å²) in [7, 11) is 0. The molecule has 6 heteroatoms. The summed E-state index contributed by atoms with van der Waals surface area (Å²) >= 11 is 24.5. The Labute approximate surface area is 152 Å².